The number of fused-ring (bicyclic) bond motifs is 2. The summed E-state index contributed by atoms with van der Waals surface area (Å²) in [4.78, 5) is 14.5. The van der Waals surface area contributed by atoms with Crippen LogP contribution in [0.15, 0.2) is 0 Å². The molecule has 2 saturated heterocycles. The molecule has 1 aliphatic carbocycles. The van der Waals surface area contributed by atoms with Gasteiger partial charge in [-0.3, -0.25) is 0 Å². The lowest BCUT2D eigenvalue weighted by molar-refractivity contribution is 0.134. The molecule has 2 atom stereocenters. The molecule has 3 fully saturated rings. The highest BCUT2D eigenvalue weighted by Crippen LogP contribution is 2.35. The van der Waals surface area contributed by atoms with Gasteiger partial charge in [-0.05, 0) is 38.5 Å². The monoisotopic (exact) mass is 251 g/mol. The van der Waals surface area contributed by atoms with Crippen LogP contribution < -0.4 is 11.1 Å². The van der Waals surface area contributed by atoms with Gasteiger partial charge < -0.3 is 16.0 Å². The fraction of sp³-hybridized carbons (Fsp3) is 0.929. The number of rotatable bonds is 1. The van der Waals surface area contributed by atoms with Crippen LogP contribution in [0.3, 0.4) is 0 Å². The number of nitrogens with one attached hydrogen (secondary N) is 1. The Bertz CT molecular complexity index is 300. The van der Waals surface area contributed by atoms with E-state index in [2.05, 4.69) is 10.2 Å². The summed E-state index contributed by atoms with van der Waals surface area (Å²) in [6.07, 6.45) is 10.5. The lowest BCUT2D eigenvalue weighted by atomic mass is 9.95. The maximum Gasteiger partial charge on any atom is 0.318 e. The van der Waals surface area contributed by atoms with Crippen molar-refractivity contribution in [2.75, 3.05) is 0 Å². The van der Waals surface area contributed by atoms with Gasteiger partial charge in [0.2, 0.25) is 0 Å². The van der Waals surface area contributed by atoms with Crippen LogP contribution in [0.5, 0.6) is 0 Å². The normalized spacial score (nSPS) is 36.7. The molecule has 2 bridgehead atoms. The minimum Gasteiger partial charge on any atom is -0.335 e. The molecule has 0 aromatic rings. The molecule has 2 unspecified atom stereocenters. The third-order valence-corrected chi connectivity index (χ3v) is 4.94. The summed E-state index contributed by atoms with van der Waals surface area (Å²) in [5.41, 5.74) is 6.04. The van der Waals surface area contributed by atoms with Crippen molar-refractivity contribution in [3.63, 3.8) is 0 Å². The molecule has 3 rings (SSSR count). The zero-order chi connectivity index (χ0) is 12.5. The molecule has 3 aliphatic rings. The standard InChI is InChI=1S/C14H25N3O/c15-10-8-12-6-7-13(9-10)17(12)14(18)16-11-4-2-1-3-5-11/h10-13H,1-9,15H2,(H,16,18). The molecule has 18 heavy (non-hydrogen) atoms. The van der Waals surface area contributed by atoms with E-state index >= 15 is 0 Å². The lowest BCUT2D eigenvalue weighted by Crippen LogP contribution is -2.55. The Morgan fingerprint density at radius 1 is 1.00 bits per heavy atom. The van der Waals surface area contributed by atoms with Crippen molar-refractivity contribution < 1.29 is 4.79 Å². The molecule has 0 aromatic heterocycles. The van der Waals surface area contributed by atoms with E-state index in [-0.39, 0.29) is 6.03 Å². The van der Waals surface area contributed by atoms with Gasteiger partial charge >= 0.3 is 6.03 Å². The van der Waals surface area contributed by atoms with Crippen LogP contribution in [0.25, 0.3) is 0 Å². The number of urea groups is 1. The van der Waals surface area contributed by atoms with Crippen LogP contribution in [-0.4, -0.2) is 35.1 Å². The second-order valence-corrected chi connectivity index (χ2v) is 6.31. The summed E-state index contributed by atoms with van der Waals surface area (Å²) in [6.45, 7) is 0. The van der Waals surface area contributed by atoms with E-state index in [0.29, 0.717) is 24.2 Å². The van der Waals surface area contributed by atoms with Gasteiger partial charge in [0, 0.05) is 24.2 Å². The minimum atomic E-state index is 0.182. The van der Waals surface area contributed by atoms with Crippen molar-refractivity contribution in [2.45, 2.75) is 82.0 Å². The van der Waals surface area contributed by atoms with E-state index in [1.807, 2.05) is 0 Å². The number of piperidine rings is 1. The average molecular weight is 251 g/mol. The number of nitrogens with zero attached hydrogens (tertiary/aromatic N) is 1. The second kappa shape index (κ2) is 5.08. The average Bonchev–Trinajstić information content (AvgIpc) is 2.63. The van der Waals surface area contributed by atoms with Gasteiger partial charge in [-0.1, -0.05) is 19.3 Å². The number of carbonyl (C=O) groups is 1. The molecule has 0 spiro atoms. The van der Waals surface area contributed by atoms with Gasteiger partial charge in [0.15, 0.2) is 0 Å². The summed E-state index contributed by atoms with van der Waals surface area (Å²) in [6, 6.07) is 1.72. The highest BCUT2D eigenvalue weighted by atomic mass is 16.2. The number of nitrogens with two attached hydrogens (primary N) is 1. The Labute approximate surface area is 109 Å². The third-order valence-electron chi connectivity index (χ3n) is 4.94. The number of hydrogen-bond donors (Lipinski definition) is 2. The number of carbonyl (C=O) groups excluding carboxylic acids is 1. The number of hydrogen-bond acceptors (Lipinski definition) is 2. The molecule has 102 valence electrons. The van der Waals surface area contributed by atoms with Gasteiger partial charge in [0.05, 0.1) is 0 Å². The Balaban J connectivity index is 1.59. The molecule has 1 saturated carbocycles. The maximum atomic E-state index is 12.4. The summed E-state index contributed by atoms with van der Waals surface area (Å²) in [5, 5.41) is 3.25. The van der Waals surface area contributed by atoms with E-state index < -0.39 is 0 Å². The van der Waals surface area contributed by atoms with Gasteiger partial charge in [-0.25, -0.2) is 4.79 Å². The smallest absolute Gasteiger partial charge is 0.318 e. The van der Waals surface area contributed by atoms with Crippen LogP contribution in [-0.2, 0) is 0 Å². The topological polar surface area (TPSA) is 58.4 Å². The summed E-state index contributed by atoms with van der Waals surface area (Å²) >= 11 is 0. The van der Waals surface area contributed by atoms with Crippen LogP contribution in [0.2, 0.25) is 0 Å². The van der Waals surface area contributed by atoms with Gasteiger partial charge in [-0.2, -0.15) is 0 Å². The first-order chi connectivity index (χ1) is 8.74. The molecule has 0 aromatic carbocycles. The van der Waals surface area contributed by atoms with E-state index in [1.54, 1.807) is 0 Å². The van der Waals surface area contributed by atoms with Crippen molar-refractivity contribution in [2.24, 2.45) is 5.73 Å². The van der Waals surface area contributed by atoms with Crippen LogP contribution in [0.1, 0.15) is 57.8 Å². The quantitative estimate of drug-likeness (QED) is 0.748. The van der Waals surface area contributed by atoms with Crippen LogP contribution in [0, 0.1) is 0 Å². The fourth-order valence-electron chi connectivity index (χ4n) is 4.05. The SMILES string of the molecule is NC1CC2CCC(C1)N2C(=O)NC1CCCCC1. The third kappa shape index (κ3) is 2.35. The Kier molecular flexibility index (Phi) is 3.46. The maximum absolute atomic E-state index is 12.4. The molecule has 2 aliphatic heterocycles. The Morgan fingerprint density at radius 2 is 1.61 bits per heavy atom. The van der Waals surface area contributed by atoms with E-state index in [4.69, 9.17) is 5.73 Å². The van der Waals surface area contributed by atoms with Crippen molar-refractivity contribution in [3.8, 4) is 0 Å². The molecule has 3 N–H and O–H groups in total. The second-order valence-electron chi connectivity index (χ2n) is 6.31. The lowest BCUT2D eigenvalue weighted by Gasteiger charge is -2.38. The fourth-order valence-corrected chi connectivity index (χ4v) is 4.05. The van der Waals surface area contributed by atoms with Crippen molar-refractivity contribution in [1.29, 1.82) is 0 Å². The molecular weight excluding hydrogens is 226 g/mol. The van der Waals surface area contributed by atoms with Crippen molar-refractivity contribution in [1.82, 2.24) is 10.2 Å². The summed E-state index contributed by atoms with van der Waals surface area (Å²) in [7, 11) is 0. The van der Waals surface area contributed by atoms with Gasteiger partial charge in [0.1, 0.15) is 0 Å². The first-order valence-electron chi connectivity index (χ1n) is 7.58. The molecule has 2 amide bonds. The summed E-state index contributed by atoms with van der Waals surface area (Å²) in [5.74, 6) is 0. The van der Waals surface area contributed by atoms with Gasteiger partial charge in [-0.15, -0.1) is 0 Å². The number of amides is 2. The van der Waals surface area contributed by atoms with E-state index in [9.17, 15) is 4.79 Å². The molecule has 2 heterocycles. The van der Waals surface area contributed by atoms with Gasteiger partial charge in [0.25, 0.3) is 0 Å². The van der Waals surface area contributed by atoms with E-state index in [0.717, 1.165) is 38.5 Å². The van der Waals surface area contributed by atoms with Crippen LogP contribution in [0.4, 0.5) is 4.79 Å². The van der Waals surface area contributed by atoms with Crippen molar-refractivity contribution in [3.05, 3.63) is 0 Å². The molecule has 4 heteroatoms. The first kappa shape index (κ1) is 12.3. The predicted octanol–water partition coefficient (Wildman–Crippen LogP) is 1.98. The zero-order valence-corrected chi connectivity index (χ0v) is 11.1. The first-order valence-corrected chi connectivity index (χ1v) is 7.58. The zero-order valence-electron chi connectivity index (χ0n) is 11.1. The largest absolute Gasteiger partial charge is 0.335 e. The summed E-state index contributed by atoms with van der Waals surface area (Å²) < 4.78 is 0. The Morgan fingerprint density at radius 3 is 2.22 bits per heavy atom. The Hall–Kier alpha value is -0.770. The highest BCUT2D eigenvalue weighted by Gasteiger charge is 2.42. The molecule has 4 nitrogen and oxygen atoms in total. The minimum absolute atomic E-state index is 0.182. The predicted molar refractivity (Wildman–Crippen MR) is 71.3 cm³/mol. The van der Waals surface area contributed by atoms with Crippen LogP contribution >= 0.6 is 0 Å². The molecule has 0 radical (unpaired) electrons. The van der Waals surface area contributed by atoms with Crippen molar-refractivity contribution >= 4 is 6.03 Å². The molecular formula is C14H25N3O. The highest BCUT2D eigenvalue weighted by molar-refractivity contribution is 5.75. The van der Waals surface area contributed by atoms with E-state index in [1.165, 1.54) is 19.3 Å².